The Kier molecular flexibility index (Phi) is 4.14. The van der Waals surface area contributed by atoms with E-state index in [4.69, 9.17) is 17.3 Å². The van der Waals surface area contributed by atoms with Gasteiger partial charge in [0.15, 0.2) is 10.8 Å². The molecule has 1 aliphatic rings. The molecule has 4 rings (SSSR count). The molecule has 1 unspecified atom stereocenters. The first-order chi connectivity index (χ1) is 12.4. The van der Waals surface area contributed by atoms with Crippen molar-refractivity contribution in [2.24, 2.45) is 5.73 Å². The highest BCUT2D eigenvalue weighted by Gasteiger charge is 2.23. The van der Waals surface area contributed by atoms with Gasteiger partial charge in [-0.05, 0) is 18.6 Å². The predicted octanol–water partition coefficient (Wildman–Crippen LogP) is 1.73. The number of nitrogens with two attached hydrogens (primary N) is 1. The second kappa shape index (κ2) is 6.35. The van der Waals surface area contributed by atoms with E-state index in [1.54, 1.807) is 17.5 Å². The molecule has 3 N–H and O–H groups in total. The Labute approximate surface area is 156 Å². The van der Waals surface area contributed by atoms with Crippen LogP contribution in [0.4, 0.5) is 5.82 Å². The lowest BCUT2D eigenvalue weighted by Crippen LogP contribution is -2.27. The second-order valence-electron chi connectivity index (χ2n) is 6.04. The lowest BCUT2D eigenvalue weighted by Gasteiger charge is -2.18. The van der Waals surface area contributed by atoms with Crippen LogP contribution in [-0.4, -0.2) is 44.7 Å². The SMILES string of the molecule is NC1CCN(c2ccc3c(=O)c(C(=O)O)cn(-c4nc(Cl)cs4)c3n2)C1. The van der Waals surface area contributed by atoms with Crippen molar-refractivity contribution in [2.45, 2.75) is 12.5 Å². The molecule has 0 amide bonds. The minimum Gasteiger partial charge on any atom is -0.477 e. The molecule has 0 radical (unpaired) electrons. The number of carboxylic acid groups (broad SMARTS) is 1. The summed E-state index contributed by atoms with van der Waals surface area (Å²) in [5.41, 5.74) is 5.37. The minimum absolute atomic E-state index is 0.0850. The molecule has 0 saturated carbocycles. The van der Waals surface area contributed by atoms with E-state index in [0.717, 1.165) is 13.0 Å². The third-order valence-electron chi connectivity index (χ3n) is 4.29. The number of pyridine rings is 2. The van der Waals surface area contributed by atoms with Crippen molar-refractivity contribution < 1.29 is 9.90 Å². The zero-order chi connectivity index (χ0) is 18.4. The van der Waals surface area contributed by atoms with Gasteiger partial charge in [0.25, 0.3) is 0 Å². The summed E-state index contributed by atoms with van der Waals surface area (Å²) in [4.78, 5) is 34.8. The number of aromatic carboxylic acids is 1. The van der Waals surface area contributed by atoms with E-state index >= 15 is 0 Å². The Morgan fingerprint density at radius 3 is 2.81 bits per heavy atom. The summed E-state index contributed by atoms with van der Waals surface area (Å²) in [6.45, 7) is 1.46. The number of rotatable bonds is 3. The molecule has 1 atom stereocenters. The maximum Gasteiger partial charge on any atom is 0.341 e. The van der Waals surface area contributed by atoms with Crippen molar-refractivity contribution in [3.05, 3.63) is 44.6 Å². The number of aromatic nitrogens is 3. The number of carboxylic acids is 1. The molecule has 1 aliphatic heterocycles. The molecule has 0 aromatic carbocycles. The molecule has 3 aromatic rings. The quantitative estimate of drug-likeness (QED) is 0.698. The van der Waals surface area contributed by atoms with Crippen molar-refractivity contribution in [1.29, 1.82) is 0 Å². The largest absolute Gasteiger partial charge is 0.477 e. The van der Waals surface area contributed by atoms with Crippen LogP contribution in [0.3, 0.4) is 0 Å². The number of hydrogen-bond acceptors (Lipinski definition) is 7. The van der Waals surface area contributed by atoms with Crippen LogP contribution in [0.2, 0.25) is 5.15 Å². The van der Waals surface area contributed by atoms with E-state index in [0.29, 0.717) is 23.1 Å². The van der Waals surface area contributed by atoms with Gasteiger partial charge in [0.2, 0.25) is 5.43 Å². The Hall–Kier alpha value is -2.49. The van der Waals surface area contributed by atoms with E-state index in [9.17, 15) is 14.7 Å². The standard InChI is InChI=1S/C16H14ClN5O3S/c17-11-7-26-16(19-11)22-6-10(15(24)25)13(23)9-1-2-12(20-14(9)22)21-4-3-8(18)5-21/h1-2,6-8H,3-5,18H2,(H,24,25). The molecular formula is C16H14ClN5O3S. The highest BCUT2D eigenvalue weighted by atomic mass is 35.5. The summed E-state index contributed by atoms with van der Waals surface area (Å²) in [7, 11) is 0. The average Bonchev–Trinajstić information content (AvgIpc) is 3.23. The zero-order valence-electron chi connectivity index (χ0n) is 13.4. The molecule has 1 fully saturated rings. The van der Waals surface area contributed by atoms with E-state index in [1.807, 2.05) is 4.90 Å². The fourth-order valence-electron chi connectivity index (χ4n) is 3.02. The average molecular weight is 392 g/mol. The normalized spacial score (nSPS) is 17.2. The van der Waals surface area contributed by atoms with Crippen molar-refractivity contribution in [3.63, 3.8) is 0 Å². The lowest BCUT2D eigenvalue weighted by atomic mass is 10.2. The molecular weight excluding hydrogens is 378 g/mol. The molecule has 0 spiro atoms. The number of nitrogens with zero attached hydrogens (tertiary/aromatic N) is 4. The Bertz CT molecular complexity index is 1080. The first-order valence-corrected chi connectivity index (χ1v) is 9.11. The van der Waals surface area contributed by atoms with Crippen LogP contribution in [0.15, 0.2) is 28.5 Å². The fourth-order valence-corrected chi connectivity index (χ4v) is 3.94. The number of carbonyl (C=O) groups is 1. The maximum absolute atomic E-state index is 12.5. The first-order valence-electron chi connectivity index (χ1n) is 7.85. The Morgan fingerprint density at radius 1 is 1.38 bits per heavy atom. The van der Waals surface area contributed by atoms with Crippen molar-refractivity contribution in [2.75, 3.05) is 18.0 Å². The smallest absolute Gasteiger partial charge is 0.341 e. The van der Waals surface area contributed by atoms with Gasteiger partial charge in [0.05, 0.1) is 5.39 Å². The van der Waals surface area contributed by atoms with E-state index in [2.05, 4.69) is 9.97 Å². The van der Waals surface area contributed by atoms with E-state index in [1.165, 1.54) is 22.1 Å². The zero-order valence-corrected chi connectivity index (χ0v) is 15.0. The topological polar surface area (TPSA) is 114 Å². The lowest BCUT2D eigenvalue weighted by molar-refractivity contribution is 0.0695. The summed E-state index contributed by atoms with van der Waals surface area (Å²) >= 11 is 7.14. The van der Waals surface area contributed by atoms with Gasteiger partial charge < -0.3 is 15.7 Å². The van der Waals surface area contributed by atoms with Gasteiger partial charge in [0, 0.05) is 30.7 Å². The van der Waals surface area contributed by atoms with E-state index in [-0.39, 0.29) is 22.1 Å². The van der Waals surface area contributed by atoms with Crippen LogP contribution in [0.1, 0.15) is 16.8 Å². The number of anilines is 1. The number of fused-ring (bicyclic) bond motifs is 1. The highest BCUT2D eigenvalue weighted by Crippen LogP contribution is 2.25. The van der Waals surface area contributed by atoms with Gasteiger partial charge in [-0.25, -0.2) is 14.8 Å². The number of hydrogen-bond donors (Lipinski definition) is 2. The van der Waals surface area contributed by atoms with Crippen LogP contribution in [0, 0.1) is 0 Å². The third-order valence-corrected chi connectivity index (χ3v) is 5.45. The molecule has 10 heteroatoms. The summed E-state index contributed by atoms with van der Waals surface area (Å²) in [6.07, 6.45) is 2.11. The Balaban J connectivity index is 1.97. The maximum atomic E-state index is 12.5. The van der Waals surface area contributed by atoms with E-state index < -0.39 is 11.4 Å². The van der Waals surface area contributed by atoms with Gasteiger partial charge in [-0.2, -0.15) is 0 Å². The predicted molar refractivity (Wildman–Crippen MR) is 99.8 cm³/mol. The van der Waals surface area contributed by atoms with Gasteiger partial charge in [0.1, 0.15) is 16.5 Å². The molecule has 8 nitrogen and oxygen atoms in total. The Morgan fingerprint density at radius 2 is 2.19 bits per heavy atom. The first kappa shape index (κ1) is 17.0. The summed E-state index contributed by atoms with van der Waals surface area (Å²) in [5.74, 6) is -0.618. The fraction of sp³-hybridized carbons (Fsp3) is 0.250. The van der Waals surface area contributed by atoms with Crippen molar-refractivity contribution >= 4 is 45.8 Å². The van der Waals surface area contributed by atoms with Crippen LogP contribution in [-0.2, 0) is 0 Å². The van der Waals surface area contributed by atoms with Gasteiger partial charge in [-0.3, -0.25) is 9.36 Å². The van der Waals surface area contributed by atoms with Gasteiger partial charge >= 0.3 is 5.97 Å². The van der Waals surface area contributed by atoms with Crippen LogP contribution >= 0.6 is 22.9 Å². The van der Waals surface area contributed by atoms with Crippen LogP contribution in [0.25, 0.3) is 16.2 Å². The third kappa shape index (κ3) is 2.83. The van der Waals surface area contributed by atoms with Crippen molar-refractivity contribution in [1.82, 2.24) is 14.5 Å². The number of thiazole rings is 1. The molecule has 0 bridgehead atoms. The molecule has 134 valence electrons. The summed E-state index contributed by atoms with van der Waals surface area (Å²) in [5, 5.41) is 11.9. The second-order valence-corrected chi connectivity index (χ2v) is 7.26. The molecule has 26 heavy (non-hydrogen) atoms. The molecule has 3 aromatic heterocycles. The summed E-state index contributed by atoms with van der Waals surface area (Å²) < 4.78 is 1.50. The molecule has 4 heterocycles. The summed E-state index contributed by atoms with van der Waals surface area (Å²) in [6, 6.07) is 3.40. The van der Waals surface area contributed by atoms with Crippen LogP contribution in [0.5, 0.6) is 0 Å². The van der Waals surface area contributed by atoms with Crippen LogP contribution < -0.4 is 16.1 Å². The van der Waals surface area contributed by atoms with Gasteiger partial charge in [-0.1, -0.05) is 11.6 Å². The monoisotopic (exact) mass is 391 g/mol. The molecule has 1 saturated heterocycles. The highest BCUT2D eigenvalue weighted by molar-refractivity contribution is 7.12. The molecule has 0 aliphatic carbocycles. The van der Waals surface area contributed by atoms with Gasteiger partial charge in [-0.15, -0.1) is 11.3 Å². The minimum atomic E-state index is -1.30. The number of halogens is 1. The van der Waals surface area contributed by atoms with Crippen molar-refractivity contribution in [3.8, 4) is 5.13 Å².